The Bertz CT molecular complexity index is 566. The summed E-state index contributed by atoms with van der Waals surface area (Å²) >= 11 is 0. The number of nitro groups is 1. The Labute approximate surface area is 77.3 Å². The first-order valence-corrected chi connectivity index (χ1v) is 3.86. The van der Waals surface area contributed by atoms with Gasteiger partial charge in [-0.05, 0) is 6.92 Å². The Morgan fingerprint density at radius 2 is 2.21 bits per heavy atom. The molecule has 1 heterocycles. The maximum absolute atomic E-state index is 10.8. The van der Waals surface area contributed by atoms with Gasteiger partial charge in [-0.2, -0.15) is 0 Å². The molecular weight excluding hydrogens is 188 g/mol. The van der Waals surface area contributed by atoms with Gasteiger partial charge in [0.15, 0.2) is 5.58 Å². The summed E-state index contributed by atoms with van der Waals surface area (Å²) in [6, 6.07) is 2.63. The van der Waals surface area contributed by atoms with E-state index in [1.807, 2.05) is 0 Å². The summed E-state index contributed by atoms with van der Waals surface area (Å²) in [4.78, 5) is 23.2. The van der Waals surface area contributed by atoms with Crippen LogP contribution in [0.2, 0.25) is 0 Å². The summed E-state index contributed by atoms with van der Waals surface area (Å²) in [7, 11) is 0. The van der Waals surface area contributed by atoms with Crippen LogP contribution in [0.3, 0.4) is 0 Å². The number of fused-ring (bicyclic) bond motifs is 1. The van der Waals surface area contributed by atoms with Crippen molar-refractivity contribution >= 4 is 16.8 Å². The molecule has 6 nitrogen and oxygen atoms in total. The number of H-pyrrole nitrogens is 1. The standard InChI is InChI=1S/C8H6N2O4/c1-4-2-5(10(12)13)3-6-7(4)14-8(11)9-6/h2-3H,1H3,(H,9,11). The van der Waals surface area contributed by atoms with Crippen LogP contribution in [0.25, 0.3) is 11.1 Å². The number of aromatic amines is 1. The smallest absolute Gasteiger partial charge is 0.408 e. The molecular formula is C8H6N2O4. The van der Waals surface area contributed by atoms with Gasteiger partial charge in [-0.1, -0.05) is 0 Å². The normalized spacial score (nSPS) is 10.6. The molecule has 0 saturated heterocycles. The topological polar surface area (TPSA) is 89.1 Å². The lowest BCUT2D eigenvalue weighted by molar-refractivity contribution is -0.384. The second kappa shape index (κ2) is 2.69. The minimum atomic E-state index is -0.608. The lowest BCUT2D eigenvalue weighted by Gasteiger charge is -1.94. The molecule has 0 unspecified atom stereocenters. The van der Waals surface area contributed by atoms with Crippen molar-refractivity contribution < 1.29 is 9.34 Å². The van der Waals surface area contributed by atoms with Gasteiger partial charge in [-0.25, -0.2) is 4.79 Å². The van der Waals surface area contributed by atoms with Crippen molar-refractivity contribution in [3.63, 3.8) is 0 Å². The number of non-ortho nitro benzene ring substituents is 1. The van der Waals surface area contributed by atoms with E-state index in [1.54, 1.807) is 6.92 Å². The largest absolute Gasteiger partial charge is 0.417 e. The number of hydrogen-bond acceptors (Lipinski definition) is 4. The monoisotopic (exact) mass is 194 g/mol. The van der Waals surface area contributed by atoms with Crippen LogP contribution in [0.4, 0.5) is 5.69 Å². The van der Waals surface area contributed by atoms with Crippen molar-refractivity contribution in [1.82, 2.24) is 4.98 Å². The van der Waals surface area contributed by atoms with Crippen LogP contribution in [0.5, 0.6) is 0 Å². The number of aryl methyl sites for hydroxylation is 1. The highest BCUT2D eigenvalue weighted by Gasteiger charge is 2.12. The number of nitrogens with zero attached hydrogens (tertiary/aromatic N) is 1. The first-order valence-electron chi connectivity index (χ1n) is 3.86. The van der Waals surface area contributed by atoms with Gasteiger partial charge < -0.3 is 4.42 Å². The van der Waals surface area contributed by atoms with Crippen LogP contribution >= 0.6 is 0 Å². The zero-order valence-corrected chi connectivity index (χ0v) is 7.23. The third-order valence-electron chi connectivity index (χ3n) is 1.90. The molecule has 0 atom stereocenters. The Morgan fingerprint density at radius 3 is 2.86 bits per heavy atom. The van der Waals surface area contributed by atoms with E-state index in [0.29, 0.717) is 16.7 Å². The van der Waals surface area contributed by atoms with Crippen molar-refractivity contribution in [3.8, 4) is 0 Å². The van der Waals surface area contributed by atoms with Crippen LogP contribution < -0.4 is 5.76 Å². The molecule has 6 heteroatoms. The highest BCUT2D eigenvalue weighted by molar-refractivity contribution is 5.78. The van der Waals surface area contributed by atoms with Gasteiger partial charge in [0.25, 0.3) is 5.69 Å². The Kier molecular flexibility index (Phi) is 1.63. The lowest BCUT2D eigenvalue weighted by Crippen LogP contribution is -1.93. The molecule has 1 N–H and O–H groups in total. The minimum absolute atomic E-state index is 0.0629. The molecule has 2 rings (SSSR count). The molecule has 2 aromatic rings. The second-order valence-electron chi connectivity index (χ2n) is 2.91. The predicted octanol–water partition coefficient (Wildman–Crippen LogP) is 1.34. The number of nitro benzene ring substituents is 1. The van der Waals surface area contributed by atoms with E-state index < -0.39 is 10.7 Å². The van der Waals surface area contributed by atoms with E-state index in [1.165, 1.54) is 12.1 Å². The van der Waals surface area contributed by atoms with Crippen LogP contribution in [-0.4, -0.2) is 9.91 Å². The maximum atomic E-state index is 10.8. The molecule has 14 heavy (non-hydrogen) atoms. The molecule has 0 saturated carbocycles. The van der Waals surface area contributed by atoms with E-state index in [0.717, 1.165) is 0 Å². The molecule has 0 aliphatic heterocycles. The van der Waals surface area contributed by atoms with E-state index in [9.17, 15) is 14.9 Å². The Hall–Kier alpha value is -2.11. The molecule has 0 amide bonds. The predicted molar refractivity (Wildman–Crippen MR) is 48.2 cm³/mol. The fourth-order valence-electron chi connectivity index (χ4n) is 1.32. The summed E-state index contributed by atoms with van der Waals surface area (Å²) in [6.07, 6.45) is 0. The molecule has 0 aliphatic rings. The highest BCUT2D eigenvalue weighted by Crippen LogP contribution is 2.22. The third kappa shape index (κ3) is 1.17. The summed E-state index contributed by atoms with van der Waals surface area (Å²) in [5, 5.41) is 10.5. The number of nitrogens with one attached hydrogen (secondary N) is 1. The summed E-state index contributed by atoms with van der Waals surface area (Å²) in [6.45, 7) is 1.64. The molecule has 0 aliphatic carbocycles. The highest BCUT2D eigenvalue weighted by atomic mass is 16.6. The molecule has 0 fully saturated rings. The summed E-state index contributed by atoms with van der Waals surface area (Å²) < 4.78 is 4.80. The fraction of sp³-hybridized carbons (Fsp3) is 0.125. The number of benzene rings is 1. The fourth-order valence-corrected chi connectivity index (χ4v) is 1.32. The maximum Gasteiger partial charge on any atom is 0.417 e. The first kappa shape index (κ1) is 8.49. The average Bonchev–Trinajstić information content (AvgIpc) is 2.45. The summed E-state index contributed by atoms with van der Waals surface area (Å²) in [5.41, 5.74) is 1.21. The molecule has 1 aromatic carbocycles. The van der Waals surface area contributed by atoms with Crippen LogP contribution in [-0.2, 0) is 0 Å². The Balaban J connectivity index is 2.84. The van der Waals surface area contributed by atoms with Gasteiger partial charge in [-0.15, -0.1) is 0 Å². The first-order chi connectivity index (χ1) is 6.58. The van der Waals surface area contributed by atoms with Crippen molar-refractivity contribution in [2.45, 2.75) is 6.92 Å². The quantitative estimate of drug-likeness (QED) is 0.547. The van der Waals surface area contributed by atoms with Gasteiger partial charge in [-0.3, -0.25) is 15.1 Å². The van der Waals surface area contributed by atoms with Crippen LogP contribution in [0.1, 0.15) is 5.56 Å². The molecule has 0 bridgehead atoms. The van der Waals surface area contributed by atoms with E-state index in [2.05, 4.69) is 4.98 Å². The minimum Gasteiger partial charge on any atom is -0.408 e. The number of rotatable bonds is 1. The van der Waals surface area contributed by atoms with Crippen LogP contribution in [0, 0.1) is 17.0 Å². The van der Waals surface area contributed by atoms with E-state index >= 15 is 0 Å². The summed E-state index contributed by atoms with van der Waals surface area (Å²) in [5.74, 6) is -0.608. The molecule has 72 valence electrons. The second-order valence-corrected chi connectivity index (χ2v) is 2.91. The molecule has 0 spiro atoms. The Morgan fingerprint density at radius 1 is 1.50 bits per heavy atom. The average molecular weight is 194 g/mol. The molecule has 1 aromatic heterocycles. The zero-order valence-electron chi connectivity index (χ0n) is 7.23. The van der Waals surface area contributed by atoms with Crippen molar-refractivity contribution in [2.75, 3.05) is 0 Å². The van der Waals surface area contributed by atoms with Gasteiger partial charge in [0.2, 0.25) is 0 Å². The van der Waals surface area contributed by atoms with Crippen molar-refractivity contribution in [3.05, 3.63) is 38.4 Å². The van der Waals surface area contributed by atoms with Crippen LogP contribution in [0.15, 0.2) is 21.3 Å². The number of oxazole rings is 1. The van der Waals surface area contributed by atoms with Crippen molar-refractivity contribution in [1.29, 1.82) is 0 Å². The number of aromatic nitrogens is 1. The van der Waals surface area contributed by atoms with Gasteiger partial charge in [0, 0.05) is 17.7 Å². The lowest BCUT2D eigenvalue weighted by atomic mass is 10.2. The van der Waals surface area contributed by atoms with Gasteiger partial charge in [0.1, 0.15) is 0 Å². The number of hydrogen-bond donors (Lipinski definition) is 1. The molecule has 0 radical (unpaired) electrons. The van der Waals surface area contributed by atoms with Gasteiger partial charge >= 0.3 is 5.76 Å². The van der Waals surface area contributed by atoms with E-state index in [4.69, 9.17) is 4.42 Å². The third-order valence-corrected chi connectivity index (χ3v) is 1.90. The SMILES string of the molecule is Cc1cc([N+](=O)[O-])cc2[nH]c(=O)oc12. The van der Waals surface area contributed by atoms with Gasteiger partial charge in [0.05, 0.1) is 10.4 Å². The van der Waals surface area contributed by atoms with Crippen molar-refractivity contribution in [2.24, 2.45) is 0 Å². The van der Waals surface area contributed by atoms with E-state index in [-0.39, 0.29) is 5.69 Å². The zero-order chi connectivity index (χ0) is 10.3.